The first-order valence-corrected chi connectivity index (χ1v) is 4.97. The molecule has 0 aliphatic heterocycles. The molecule has 1 aromatic rings. The van der Waals surface area contributed by atoms with Crippen molar-refractivity contribution in [2.24, 2.45) is 5.92 Å². The summed E-state index contributed by atoms with van der Waals surface area (Å²) < 4.78 is 13.4. The SMILES string of the molecule is CC(CO)C(C)Nc1ccc(N)cc1F. The molecule has 0 aliphatic carbocycles. The van der Waals surface area contributed by atoms with Crippen LogP contribution in [0.5, 0.6) is 0 Å². The van der Waals surface area contributed by atoms with Gasteiger partial charge in [-0.3, -0.25) is 0 Å². The van der Waals surface area contributed by atoms with Crippen LogP contribution in [0, 0.1) is 11.7 Å². The summed E-state index contributed by atoms with van der Waals surface area (Å²) in [5.74, 6) is -0.297. The summed E-state index contributed by atoms with van der Waals surface area (Å²) in [4.78, 5) is 0. The van der Waals surface area contributed by atoms with E-state index in [1.165, 1.54) is 6.07 Å². The lowest BCUT2D eigenvalue weighted by atomic mass is 10.0. The van der Waals surface area contributed by atoms with Crippen LogP contribution in [0.15, 0.2) is 18.2 Å². The summed E-state index contributed by atoms with van der Waals surface area (Å²) in [5, 5.41) is 11.9. The third-order valence-corrected chi connectivity index (χ3v) is 2.52. The van der Waals surface area contributed by atoms with Crippen LogP contribution in [0.2, 0.25) is 0 Å². The Balaban J connectivity index is 2.72. The monoisotopic (exact) mass is 212 g/mol. The highest BCUT2D eigenvalue weighted by Gasteiger charge is 2.12. The third kappa shape index (κ3) is 3.09. The molecular weight excluding hydrogens is 195 g/mol. The highest BCUT2D eigenvalue weighted by atomic mass is 19.1. The van der Waals surface area contributed by atoms with Crippen molar-refractivity contribution in [3.05, 3.63) is 24.0 Å². The molecule has 0 heterocycles. The van der Waals surface area contributed by atoms with Gasteiger partial charge in [0, 0.05) is 18.3 Å². The predicted octanol–water partition coefficient (Wildman–Crippen LogP) is 1.84. The molecule has 4 N–H and O–H groups in total. The fourth-order valence-electron chi connectivity index (χ4n) is 1.19. The van der Waals surface area contributed by atoms with Gasteiger partial charge in [0.25, 0.3) is 0 Å². The van der Waals surface area contributed by atoms with Crippen LogP contribution in [0.1, 0.15) is 13.8 Å². The number of benzene rings is 1. The second kappa shape index (κ2) is 4.98. The average molecular weight is 212 g/mol. The topological polar surface area (TPSA) is 58.3 Å². The molecule has 2 atom stereocenters. The van der Waals surface area contributed by atoms with E-state index in [0.29, 0.717) is 11.4 Å². The predicted molar refractivity (Wildman–Crippen MR) is 60.1 cm³/mol. The van der Waals surface area contributed by atoms with E-state index in [4.69, 9.17) is 10.8 Å². The van der Waals surface area contributed by atoms with Crippen molar-refractivity contribution >= 4 is 11.4 Å². The summed E-state index contributed by atoms with van der Waals surface area (Å²) >= 11 is 0. The van der Waals surface area contributed by atoms with Crippen molar-refractivity contribution in [3.8, 4) is 0 Å². The summed E-state index contributed by atoms with van der Waals surface area (Å²) in [6, 6.07) is 4.53. The number of nitrogens with two attached hydrogens (primary N) is 1. The van der Waals surface area contributed by atoms with Gasteiger partial charge >= 0.3 is 0 Å². The molecule has 15 heavy (non-hydrogen) atoms. The first kappa shape index (κ1) is 11.8. The fourth-order valence-corrected chi connectivity index (χ4v) is 1.19. The molecule has 0 saturated carbocycles. The number of aliphatic hydroxyl groups excluding tert-OH is 1. The van der Waals surface area contributed by atoms with Crippen LogP contribution < -0.4 is 11.1 Å². The van der Waals surface area contributed by atoms with Gasteiger partial charge in [-0.2, -0.15) is 0 Å². The molecule has 0 aromatic heterocycles. The Hall–Kier alpha value is -1.29. The van der Waals surface area contributed by atoms with E-state index in [1.54, 1.807) is 12.1 Å². The number of nitrogens with one attached hydrogen (secondary N) is 1. The van der Waals surface area contributed by atoms with Crippen molar-refractivity contribution in [3.63, 3.8) is 0 Å². The standard InChI is InChI=1S/C11H17FN2O/c1-7(6-15)8(2)14-11-4-3-9(13)5-10(11)12/h3-5,7-8,14-15H,6,13H2,1-2H3. The van der Waals surface area contributed by atoms with E-state index in [-0.39, 0.29) is 24.4 Å². The van der Waals surface area contributed by atoms with Crippen LogP contribution in [-0.2, 0) is 0 Å². The lowest BCUT2D eigenvalue weighted by Crippen LogP contribution is -2.26. The summed E-state index contributed by atoms with van der Waals surface area (Å²) in [6.07, 6.45) is 0. The molecule has 0 radical (unpaired) electrons. The van der Waals surface area contributed by atoms with Crippen molar-refractivity contribution in [1.29, 1.82) is 0 Å². The van der Waals surface area contributed by atoms with Crippen LogP contribution in [0.25, 0.3) is 0 Å². The number of hydrogen-bond acceptors (Lipinski definition) is 3. The minimum Gasteiger partial charge on any atom is -0.399 e. The normalized spacial score (nSPS) is 14.7. The molecule has 0 bridgehead atoms. The second-order valence-corrected chi connectivity index (χ2v) is 3.83. The number of rotatable bonds is 4. The van der Waals surface area contributed by atoms with Gasteiger partial charge in [0.1, 0.15) is 5.82 Å². The Bertz CT molecular complexity index is 330. The lowest BCUT2D eigenvalue weighted by Gasteiger charge is -2.20. The quantitative estimate of drug-likeness (QED) is 0.667. The highest BCUT2D eigenvalue weighted by molar-refractivity contribution is 5.53. The van der Waals surface area contributed by atoms with Gasteiger partial charge in [-0.25, -0.2) is 4.39 Å². The Morgan fingerprint density at radius 2 is 2.13 bits per heavy atom. The smallest absolute Gasteiger partial charge is 0.148 e. The number of aliphatic hydroxyl groups is 1. The molecule has 0 amide bonds. The van der Waals surface area contributed by atoms with Crippen LogP contribution in [-0.4, -0.2) is 17.8 Å². The minimum atomic E-state index is -0.369. The van der Waals surface area contributed by atoms with Gasteiger partial charge in [-0.1, -0.05) is 6.92 Å². The zero-order valence-corrected chi connectivity index (χ0v) is 9.00. The van der Waals surface area contributed by atoms with E-state index in [2.05, 4.69) is 5.32 Å². The van der Waals surface area contributed by atoms with Crippen molar-refractivity contribution in [2.75, 3.05) is 17.7 Å². The van der Waals surface area contributed by atoms with E-state index in [1.807, 2.05) is 13.8 Å². The number of hydrogen-bond donors (Lipinski definition) is 3. The Morgan fingerprint density at radius 3 is 2.67 bits per heavy atom. The molecule has 4 heteroatoms. The maximum Gasteiger partial charge on any atom is 0.148 e. The zero-order valence-electron chi connectivity index (χ0n) is 9.00. The summed E-state index contributed by atoms with van der Waals surface area (Å²) in [5.41, 5.74) is 6.25. The molecule has 0 spiro atoms. The average Bonchev–Trinajstić information content (AvgIpc) is 2.20. The van der Waals surface area contributed by atoms with Crippen LogP contribution in [0.3, 0.4) is 0 Å². The van der Waals surface area contributed by atoms with Gasteiger partial charge in [0.2, 0.25) is 0 Å². The van der Waals surface area contributed by atoms with E-state index in [0.717, 1.165) is 0 Å². The molecular formula is C11H17FN2O. The maximum absolute atomic E-state index is 13.4. The Morgan fingerprint density at radius 1 is 1.47 bits per heavy atom. The van der Waals surface area contributed by atoms with Crippen LogP contribution >= 0.6 is 0 Å². The van der Waals surface area contributed by atoms with Gasteiger partial charge in [-0.15, -0.1) is 0 Å². The molecule has 0 fully saturated rings. The number of anilines is 2. The molecule has 1 rings (SSSR count). The van der Waals surface area contributed by atoms with Crippen LogP contribution in [0.4, 0.5) is 15.8 Å². The molecule has 0 saturated heterocycles. The first-order valence-electron chi connectivity index (χ1n) is 4.97. The number of halogens is 1. The summed E-state index contributed by atoms with van der Waals surface area (Å²) in [7, 11) is 0. The third-order valence-electron chi connectivity index (χ3n) is 2.52. The van der Waals surface area contributed by atoms with Gasteiger partial charge in [-0.05, 0) is 31.0 Å². The fraction of sp³-hybridized carbons (Fsp3) is 0.455. The van der Waals surface area contributed by atoms with Crippen molar-refractivity contribution < 1.29 is 9.50 Å². The largest absolute Gasteiger partial charge is 0.399 e. The van der Waals surface area contributed by atoms with Gasteiger partial charge in [0.15, 0.2) is 0 Å². The van der Waals surface area contributed by atoms with Gasteiger partial charge < -0.3 is 16.2 Å². The molecule has 1 aromatic carbocycles. The number of nitrogen functional groups attached to an aromatic ring is 1. The van der Waals surface area contributed by atoms with E-state index >= 15 is 0 Å². The van der Waals surface area contributed by atoms with E-state index < -0.39 is 0 Å². The second-order valence-electron chi connectivity index (χ2n) is 3.83. The van der Waals surface area contributed by atoms with Crippen molar-refractivity contribution in [1.82, 2.24) is 0 Å². The molecule has 2 unspecified atom stereocenters. The minimum absolute atomic E-state index is 0.00752. The van der Waals surface area contributed by atoms with Gasteiger partial charge in [0.05, 0.1) is 5.69 Å². The van der Waals surface area contributed by atoms with E-state index in [9.17, 15) is 4.39 Å². The molecule has 3 nitrogen and oxygen atoms in total. The zero-order chi connectivity index (χ0) is 11.4. The molecule has 84 valence electrons. The highest BCUT2D eigenvalue weighted by Crippen LogP contribution is 2.19. The first-order chi connectivity index (χ1) is 7.04. The molecule has 0 aliphatic rings. The summed E-state index contributed by atoms with van der Waals surface area (Å²) in [6.45, 7) is 3.87. The maximum atomic E-state index is 13.4. The van der Waals surface area contributed by atoms with Crippen molar-refractivity contribution in [2.45, 2.75) is 19.9 Å². The Kier molecular flexibility index (Phi) is 3.91. The Labute approximate surface area is 89.1 Å². The lowest BCUT2D eigenvalue weighted by molar-refractivity contribution is 0.226.